The Balaban J connectivity index is 0.982. The third kappa shape index (κ3) is 15.2. The highest BCUT2D eigenvalue weighted by Crippen LogP contribution is 2.63. The van der Waals surface area contributed by atoms with E-state index >= 15 is 0 Å². The van der Waals surface area contributed by atoms with E-state index in [4.69, 9.17) is 0 Å². The molecule has 0 heteroatoms. The summed E-state index contributed by atoms with van der Waals surface area (Å²) in [5, 5.41) is 0. The first-order chi connectivity index (χ1) is 51.3. The summed E-state index contributed by atoms with van der Waals surface area (Å²) in [6.45, 7) is 44.2. The van der Waals surface area contributed by atoms with Gasteiger partial charge in [0.2, 0.25) is 0 Å². The lowest BCUT2D eigenvalue weighted by Crippen LogP contribution is -2.31. The molecule has 12 rings (SSSR count). The van der Waals surface area contributed by atoms with E-state index in [1.54, 1.807) is 44.5 Å². The second-order valence-corrected chi connectivity index (χ2v) is 36.3. The summed E-state index contributed by atoms with van der Waals surface area (Å²) in [7, 11) is 0. The van der Waals surface area contributed by atoms with Crippen LogP contribution in [0.5, 0.6) is 0 Å². The van der Waals surface area contributed by atoms with Crippen LogP contribution in [0, 0.1) is 61.2 Å². The topological polar surface area (TPSA) is 0 Å². The fourth-order valence-electron chi connectivity index (χ4n) is 22.1. The molecule has 8 atom stereocenters. The second kappa shape index (κ2) is 34.4. The third-order valence-corrected chi connectivity index (χ3v) is 29.0. The van der Waals surface area contributed by atoms with Gasteiger partial charge in [-0.1, -0.05) is 360 Å². The summed E-state index contributed by atoms with van der Waals surface area (Å²) < 4.78 is 0. The molecule has 0 heterocycles. The van der Waals surface area contributed by atoms with Crippen LogP contribution in [0.3, 0.4) is 0 Å². The molecule has 0 spiro atoms. The number of aryl methyl sites for hydroxylation is 2. The summed E-state index contributed by atoms with van der Waals surface area (Å²) in [6.07, 6.45) is 34.9. The van der Waals surface area contributed by atoms with Gasteiger partial charge in [0, 0.05) is 21.7 Å². The van der Waals surface area contributed by atoms with Gasteiger partial charge < -0.3 is 0 Å². The second-order valence-electron chi connectivity index (χ2n) is 36.3. The van der Waals surface area contributed by atoms with E-state index in [9.17, 15) is 0 Å². The Labute approximate surface area is 648 Å². The van der Waals surface area contributed by atoms with E-state index in [-0.39, 0.29) is 21.7 Å². The van der Waals surface area contributed by atoms with Gasteiger partial charge in [-0.05, 0) is 271 Å². The minimum Gasteiger partial charge on any atom is -0.0654 e. The SMILES string of the molecule is CCCCC(CC)CC1(CC(CC)CCCC)c2cc(C)ccc2-c2ccc(-c3ccc4c(c3)C(CC(C)CC)(CC(C)CC)c3cc(-c5ccc6c(c5)C(CC(C)CC)(CC(C)CC)c5cc(-c7ccc8c(c7)C(CC(CC)CCCC)(CC(CC)CCCC)c7cc(C)ccc7-8)ccc5-6)ccc3-4)cc21. The molecule has 8 aromatic rings. The predicted molar refractivity (Wildman–Crippen MR) is 465 cm³/mol. The van der Waals surface area contributed by atoms with Crippen LogP contribution in [0.1, 0.15) is 346 Å². The fraction of sp³-hybridized carbons (Fsp3) is 0.547. The first-order valence-corrected chi connectivity index (χ1v) is 44.4. The summed E-state index contributed by atoms with van der Waals surface area (Å²) in [6, 6.07) is 62.2. The third-order valence-electron chi connectivity index (χ3n) is 29.0. The summed E-state index contributed by atoms with van der Waals surface area (Å²) >= 11 is 0. The lowest BCUT2D eigenvalue weighted by Gasteiger charge is -2.39. The van der Waals surface area contributed by atoms with Crippen molar-refractivity contribution >= 4 is 0 Å². The minimum absolute atomic E-state index is 0.0107. The Morgan fingerprint density at radius 3 is 0.575 bits per heavy atom. The molecule has 4 aliphatic carbocycles. The van der Waals surface area contributed by atoms with E-state index in [2.05, 4.69) is 270 Å². The van der Waals surface area contributed by atoms with Gasteiger partial charge in [0.05, 0.1) is 0 Å². The maximum absolute atomic E-state index is 2.75. The normalized spacial score (nSPS) is 20.9. The van der Waals surface area contributed by atoms with Crippen LogP contribution in [-0.4, -0.2) is 0 Å². The molecule has 0 fully saturated rings. The van der Waals surface area contributed by atoms with Crippen molar-refractivity contribution in [1.82, 2.24) is 0 Å². The Kier molecular flexibility index (Phi) is 25.7. The van der Waals surface area contributed by atoms with Crippen LogP contribution in [0.4, 0.5) is 0 Å². The molecule has 8 aromatic carbocycles. The lowest BCUT2D eigenvalue weighted by atomic mass is 9.64. The number of rotatable bonds is 39. The van der Waals surface area contributed by atoms with Gasteiger partial charge in [-0.3, -0.25) is 0 Å². The van der Waals surface area contributed by atoms with Crippen molar-refractivity contribution in [2.45, 2.75) is 326 Å². The maximum atomic E-state index is 2.75. The minimum atomic E-state index is -0.129. The van der Waals surface area contributed by atoms with Gasteiger partial charge in [0.25, 0.3) is 0 Å². The van der Waals surface area contributed by atoms with Crippen LogP contribution in [0.2, 0.25) is 0 Å². The summed E-state index contributed by atoms with van der Waals surface area (Å²) in [5.74, 6) is 5.03. The average molecular weight is 1420 g/mol. The van der Waals surface area contributed by atoms with E-state index < -0.39 is 0 Å². The van der Waals surface area contributed by atoms with Crippen LogP contribution in [0.15, 0.2) is 146 Å². The van der Waals surface area contributed by atoms with Crippen molar-refractivity contribution in [3.63, 3.8) is 0 Å². The highest BCUT2D eigenvalue weighted by Gasteiger charge is 2.50. The van der Waals surface area contributed by atoms with Gasteiger partial charge in [0.1, 0.15) is 0 Å². The van der Waals surface area contributed by atoms with Crippen molar-refractivity contribution < 1.29 is 0 Å². The number of hydrogen-bond acceptors (Lipinski definition) is 0. The molecular weight excluding hydrogens is 1270 g/mol. The molecular formula is C106H142. The predicted octanol–water partition coefficient (Wildman–Crippen LogP) is 32.5. The molecule has 0 bridgehead atoms. The highest BCUT2D eigenvalue weighted by molar-refractivity contribution is 5.91. The molecule has 0 aliphatic heterocycles. The Morgan fingerprint density at radius 2 is 0.396 bits per heavy atom. The van der Waals surface area contributed by atoms with Crippen molar-refractivity contribution in [3.05, 3.63) is 201 Å². The fourth-order valence-corrected chi connectivity index (χ4v) is 22.1. The Morgan fingerprint density at radius 1 is 0.217 bits per heavy atom. The van der Waals surface area contributed by atoms with Crippen molar-refractivity contribution in [2.24, 2.45) is 47.3 Å². The molecule has 0 nitrogen and oxygen atoms in total. The van der Waals surface area contributed by atoms with Gasteiger partial charge in [-0.15, -0.1) is 0 Å². The summed E-state index contributed by atoms with van der Waals surface area (Å²) in [4.78, 5) is 0. The first-order valence-electron chi connectivity index (χ1n) is 44.4. The average Bonchev–Trinajstić information content (AvgIpc) is 1.57. The van der Waals surface area contributed by atoms with Gasteiger partial charge in [0.15, 0.2) is 0 Å². The van der Waals surface area contributed by atoms with E-state index in [1.165, 1.54) is 243 Å². The first kappa shape index (κ1) is 79.3. The number of unbranched alkanes of at least 4 members (excludes halogenated alkanes) is 4. The van der Waals surface area contributed by atoms with E-state index in [0.717, 1.165) is 25.7 Å². The monoisotopic (exact) mass is 1420 g/mol. The zero-order chi connectivity index (χ0) is 75.2. The van der Waals surface area contributed by atoms with Gasteiger partial charge >= 0.3 is 0 Å². The van der Waals surface area contributed by atoms with Crippen molar-refractivity contribution in [2.75, 3.05) is 0 Å². The lowest BCUT2D eigenvalue weighted by molar-refractivity contribution is 0.266. The molecule has 0 saturated heterocycles. The van der Waals surface area contributed by atoms with Crippen LogP contribution < -0.4 is 0 Å². The maximum Gasteiger partial charge on any atom is 0.0220 e. The molecule has 0 N–H and O–H groups in total. The van der Waals surface area contributed by atoms with Crippen molar-refractivity contribution in [3.8, 4) is 77.9 Å². The standard InChI is InChI=1S/C106H142/c1-19-31-35-77(27-9)67-105(68-78(28-10)36-32-20-2)95-55-75(17)39-47-87(95)89-49-41-85(61-101(89)105)83-45-53-93-91-51-43-81(57-97(91)103(99(93)59-83,63-71(13)23-5)64-72(14)24-6)82-44-52-92-94-54-46-84(60-100(94)104(98(92)58-82,65-73(15)25-7)66-74(16)26-8)86-42-50-90-88-48-40-76(18)56-96(88)106(102(90)62-86,69-79(29-11)37-33-21-3)70-80(30-12)38-34-22-4/h39-62,71-74,77-80H,19-38,63-70H2,1-18H3. The molecule has 8 unspecified atom stereocenters. The molecule has 0 radical (unpaired) electrons. The quantitative estimate of drug-likeness (QED) is 0.0360. The van der Waals surface area contributed by atoms with Gasteiger partial charge in [-0.2, -0.15) is 0 Å². The molecule has 4 aliphatic rings. The number of hydrogen-bond donors (Lipinski definition) is 0. The molecule has 566 valence electrons. The molecule has 106 heavy (non-hydrogen) atoms. The number of fused-ring (bicyclic) bond motifs is 12. The largest absolute Gasteiger partial charge is 0.0654 e. The van der Waals surface area contributed by atoms with Crippen LogP contribution >= 0.6 is 0 Å². The van der Waals surface area contributed by atoms with Crippen LogP contribution in [0.25, 0.3) is 77.9 Å². The van der Waals surface area contributed by atoms with E-state index in [1.807, 2.05) is 0 Å². The zero-order valence-corrected chi connectivity index (χ0v) is 70.3. The highest BCUT2D eigenvalue weighted by atomic mass is 14.5. The molecule has 0 saturated carbocycles. The Hall–Kier alpha value is -6.24. The van der Waals surface area contributed by atoms with Crippen molar-refractivity contribution in [1.29, 1.82) is 0 Å². The zero-order valence-electron chi connectivity index (χ0n) is 70.3. The van der Waals surface area contributed by atoms with Gasteiger partial charge in [-0.25, -0.2) is 0 Å². The Bertz CT molecular complexity index is 3950. The molecule has 0 aromatic heterocycles. The summed E-state index contributed by atoms with van der Waals surface area (Å²) in [5.41, 5.74) is 35.4. The smallest absolute Gasteiger partial charge is 0.0220 e. The van der Waals surface area contributed by atoms with E-state index in [0.29, 0.717) is 47.3 Å². The molecule has 0 amide bonds. The van der Waals surface area contributed by atoms with Crippen LogP contribution in [-0.2, 0) is 21.7 Å². The number of benzene rings is 8.